The molecule has 0 fully saturated rings. The molecule has 1 aliphatic carbocycles. The van der Waals surface area contributed by atoms with Crippen LogP contribution in [0.5, 0.6) is 0 Å². The Morgan fingerprint density at radius 1 is 1.35 bits per heavy atom. The third kappa shape index (κ3) is 4.95. The number of rotatable bonds is 5. The van der Waals surface area contributed by atoms with E-state index in [4.69, 9.17) is 5.73 Å². The van der Waals surface area contributed by atoms with E-state index in [2.05, 4.69) is 10.3 Å². The van der Waals surface area contributed by atoms with E-state index < -0.39 is 17.0 Å². The van der Waals surface area contributed by atoms with Gasteiger partial charge < -0.3 is 16.0 Å². The molecule has 1 aromatic heterocycles. The van der Waals surface area contributed by atoms with Crippen molar-refractivity contribution >= 4 is 24.1 Å². The van der Waals surface area contributed by atoms with E-state index in [-0.39, 0.29) is 35.7 Å². The van der Waals surface area contributed by atoms with Gasteiger partial charge in [-0.05, 0) is 37.2 Å². The lowest BCUT2D eigenvalue weighted by atomic mass is 9.75. The standard InChI is InChI=1S/C19H29N3O3.ClH/c1-11(2)7-19(5,10-20)22-17(25)13-6-12-14(21-16(13)24)8-18(3,4)9-15(12)23;/h6,11H,7-10,20H2,1-5H3,(H,21,24)(H,22,25);1H. The average molecular weight is 384 g/mol. The highest BCUT2D eigenvalue weighted by molar-refractivity contribution is 6.02. The Kier molecular flexibility index (Phi) is 6.82. The quantitative estimate of drug-likeness (QED) is 0.726. The van der Waals surface area contributed by atoms with Gasteiger partial charge in [0, 0.05) is 29.8 Å². The van der Waals surface area contributed by atoms with E-state index >= 15 is 0 Å². The van der Waals surface area contributed by atoms with Crippen LogP contribution in [0.2, 0.25) is 0 Å². The van der Waals surface area contributed by atoms with Gasteiger partial charge >= 0.3 is 0 Å². The van der Waals surface area contributed by atoms with Crippen LogP contribution < -0.4 is 16.6 Å². The fourth-order valence-corrected chi connectivity index (χ4v) is 3.62. The normalized spacial score (nSPS) is 17.9. The first-order valence-corrected chi connectivity index (χ1v) is 8.78. The molecule has 0 radical (unpaired) electrons. The number of nitrogens with one attached hydrogen (secondary N) is 2. The average Bonchev–Trinajstić information content (AvgIpc) is 2.44. The molecule has 7 heteroatoms. The second-order valence-electron chi connectivity index (χ2n) is 8.66. The molecule has 1 unspecified atom stereocenters. The summed E-state index contributed by atoms with van der Waals surface area (Å²) in [6, 6.07) is 1.44. The molecule has 4 N–H and O–H groups in total. The number of H-pyrrole nitrogens is 1. The molecule has 0 spiro atoms. The summed E-state index contributed by atoms with van der Waals surface area (Å²) in [7, 11) is 0. The van der Waals surface area contributed by atoms with Gasteiger partial charge in [-0.1, -0.05) is 27.7 Å². The number of halogens is 1. The van der Waals surface area contributed by atoms with Crippen LogP contribution in [0, 0.1) is 11.3 Å². The zero-order valence-electron chi connectivity index (χ0n) is 16.2. The highest BCUT2D eigenvalue weighted by Crippen LogP contribution is 2.33. The number of carbonyl (C=O) groups is 2. The Hall–Kier alpha value is -1.66. The fraction of sp³-hybridized carbons (Fsp3) is 0.632. The molecule has 0 saturated heterocycles. The van der Waals surface area contributed by atoms with Crippen molar-refractivity contribution in [1.82, 2.24) is 10.3 Å². The minimum atomic E-state index is -0.598. The number of hydrogen-bond donors (Lipinski definition) is 3. The predicted octanol–water partition coefficient (Wildman–Crippen LogP) is 2.45. The van der Waals surface area contributed by atoms with Crippen LogP contribution in [-0.2, 0) is 6.42 Å². The molecule has 1 heterocycles. The fourth-order valence-electron chi connectivity index (χ4n) is 3.62. The van der Waals surface area contributed by atoms with Crippen molar-refractivity contribution in [1.29, 1.82) is 0 Å². The molecule has 1 amide bonds. The third-order valence-electron chi connectivity index (χ3n) is 4.69. The maximum absolute atomic E-state index is 12.6. The van der Waals surface area contributed by atoms with Gasteiger partial charge in [0.15, 0.2) is 5.78 Å². The Morgan fingerprint density at radius 3 is 2.50 bits per heavy atom. The van der Waals surface area contributed by atoms with E-state index in [0.29, 0.717) is 36.4 Å². The molecule has 6 nitrogen and oxygen atoms in total. The van der Waals surface area contributed by atoms with Gasteiger partial charge in [-0.3, -0.25) is 14.4 Å². The molecular formula is C19H30ClN3O3. The molecule has 2 rings (SSSR count). The predicted molar refractivity (Wildman–Crippen MR) is 105 cm³/mol. The lowest BCUT2D eigenvalue weighted by molar-refractivity contribution is 0.0896. The summed E-state index contributed by atoms with van der Waals surface area (Å²) < 4.78 is 0. The van der Waals surface area contributed by atoms with Gasteiger partial charge in [0.05, 0.1) is 0 Å². The number of amides is 1. The lowest BCUT2D eigenvalue weighted by Gasteiger charge is -2.32. The topological polar surface area (TPSA) is 105 Å². The van der Waals surface area contributed by atoms with Crippen molar-refractivity contribution < 1.29 is 9.59 Å². The first kappa shape index (κ1) is 22.4. The molecule has 146 valence electrons. The SMILES string of the molecule is CC(C)CC(C)(CN)NC(=O)c1cc2c([nH]c1=O)CC(C)(C)CC2=O.Cl. The smallest absolute Gasteiger partial charge is 0.261 e. The molecule has 0 saturated carbocycles. The Morgan fingerprint density at radius 2 is 1.96 bits per heavy atom. The number of aromatic amines is 1. The molecule has 1 atom stereocenters. The number of nitrogens with two attached hydrogens (primary N) is 1. The lowest BCUT2D eigenvalue weighted by Crippen LogP contribution is -2.53. The summed E-state index contributed by atoms with van der Waals surface area (Å²) >= 11 is 0. The minimum Gasteiger partial charge on any atom is -0.345 e. The number of pyridine rings is 1. The van der Waals surface area contributed by atoms with Crippen LogP contribution in [0.3, 0.4) is 0 Å². The largest absolute Gasteiger partial charge is 0.345 e. The van der Waals surface area contributed by atoms with Crippen molar-refractivity contribution in [2.75, 3.05) is 6.54 Å². The Labute approximate surface area is 160 Å². The van der Waals surface area contributed by atoms with Crippen molar-refractivity contribution in [3.05, 3.63) is 33.2 Å². The summed E-state index contributed by atoms with van der Waals surface area (Å²) in [5, 5.41) is 2.87. The number of fused-ring (bicyclic) bond motifs is 1. The van der Waals surface area contributed by atoms with Gasteiger partial charge in [-0.2, -0.15) is 0 Å². The van der Waals surface area contributed by atoms with Crippen LogP contribution in [0.1, 0.15) is 73.9 Å². The Bertz CT molecular complexity index is 755. The molecule has 1 aliphatic rings. The molecular weight excluding hydrogens is 354 g/mol. The Balaban J connectivity index is 0.00000338. The first-order valence-electron chi connectivity index (χ1n) is 8.78. The van der Waals surface area contributed by atoms with Crippen LogP contribution in [0.15, 0.2) is 10.9 Å². The zero-order chi connectivity index (χ0) is 19.0. The van der Waals surface area contributed by atoms with E-state index in [1.54, 1.807) is 0 Å². The number of ketones is 1. The molecule has 26 heavy (non-hydrogen) atoms. The van der Waals surface area contributed by atoms with E-state index in [1.807, 2.05) is 34.6 Å². The molecule has 0 aliphatic heterocycles. The monoisotopic (exact) mass is 383 g/mol. The molecule has 1 aromatic rings. The maximum Gasteiger partial charge on any atom is 0.261 e. The third-order valence-corrected chi connectivity index (χ3v) is 4.69. The van der Waals surface area contributed by atoms with Crippen LogP contribution in [0.25, 0.3) is 0 Å². The minimum absolute atomic E-state index is 0. The number of aromatic nitrogens is 1. The number of carbonyl (C=O) groups excluding carboxylic acids is 2. The maximum atomic E-state index is 12.6. The van der Waals surface area contributed by atoms with Crippen LogP contribution >= 0.6 is 12.4 Å². The summed E-state index contributed by atoms with van der Waals surface area (Å²) in [6.07, 6.45) is 1.71. The number of hydrogen-bond acceptors (Lipinski definition) is 4. The zero-order valence-corrected chi connectivity index (χ0v) is 17.0. The van der Waals surface area contributed by atoms with Gasteiger partial charge in [0.1, 0.15) is 5.56 Å². The highest BCUT2D eigenvalue weighted by atomic mass is 35.5. The molecule has 0 aromatic carbocycles. The summed E-state index contributed by atoms with van der Waals surface area (Å²) in [6.45, 7) is 10.2. The first-order chi connectivity index (χ1) is 11.5. The van der Waals surface area contributed by atoms with Gasteiger partial charge in [-0.25, -0.2) is 0 Å². The van der Waals surface area contributed by atoms with E-state index in [1.165, 1.54) is 6.07 Å². The second-order valence-corrected chi connectivity index (χ2v) is 8.66. The molecule has 0 bridgehead atoms. The summed E-state index contributed by atoms with van der Waals surface area (Å²) in [5.74, 6) is -0.185. The van der Waals surface area contributed by atoms with Crippen LogP contribution in [-0.4, -0.2) is 28.8 Å². The van der Waals surface area contributed by atoms with Gasteiger partial charge in [0.2, 0.25) is 0 Å². The van der Waals surface area contributed by atoms with Crippen molar-refractivity contribution in [2.45, 2.75) is 59.4 Å². The van der Waals surface area contributed by atoms with E-state index in [0.717, 1.165) is 0 Å². The van der Waals surface area contributed by atoms with Gasteiger partial charge in [0.25, 0.3) is 11.5 Å². The van der Waals surface area contributed by atoms with Crippen molar-refractivity contribution in [3.63, 3.8) is 0 Å². The second kappa shape index (κ2) is 7.92. The van der Waals surface area contributed by atoms with E-state index in [9.17, 15) is 14.4 Å². The number of Topliss-reactive ketones (excluding diaryl/α,β-unsaturated/α-hetero) is 1. The van der Waals surface area contributed by atoms with Crippen molar-refractivity contribution in [2.24, 2.45) is 17.1 Å². The summed E-state index contributed by atoms with van der Waals surface area (Å²) in [5.41, 5.74) is 5.61. The van der Waals surface area contributed by atoms with Gasteiger partial charge in [-0.15, -0.1) is 12.4 Å². The van der Waals surface area contributed by atoms with Crippen molar-refractivity contribution in [3.8, 4) is 0 Å². The van der Waals surface area contributed by atoms with Crippen LogP contribution in [0.4, 0.5) is 0 Å². The summed E-state index contributed by atoms with van der Waals surface area (Å²) in [4.78, 5) is 40.2. The highest BCUT2D eigenvalue weighted by Gasteiger charge is 2.33.